The van der Waals surface area contributed by atoms with E-state index in [1.54, 1.807) is 7.11 Å². The molecule has 2 rings (SSSR count). The van der Waals surface area contributed by atoms with Gasteiger partial charge in [0.25, 0.3) is 0 Å². The lowest BCUT2D eigenvalue weighted by Crippen LogP contribution is -2.22. The van der Waals surface area contributed by atoms with Crippen molar-refractivity contribution in [2.24, 2.45) is 0 Å². The fourth-order valence-corrected chi connectivity index (χ4v) is 2.36. The Balaban J connectivity index is 1.93. The first-order chi connectivity index (χ1) is 10.6. The zero-order chi connectivity index (χ0) is 15.9. The third-order valence-corrected chi connectivity index (χ3v) is 4.00. The third-order valence-electron chi connectivity index (χ3n) is 3.31. The molecule has 2 aromatic rings. The number of hydrogen-bond acceptors (Lipinski definition) is 3. The molecule has 22 heavy (non-hydrogen) atoms. The molecule has 1 atom stereocenters. The molecule has 2 aromatic carbocycles. The summed E-state index contributed by atoms with van der Waals surface area (Å²) in [5.74, 6) is -0.0999. The van der Waals surface area contributed by atoms with Crippen molar-refractivity contribution >= 4 is 33.2 Å². The van der Waals surface area contributed by atoms with Crippen LogP contribution in [-0.2, 0) is 9.53 Å². The monoisotopic (exact) mass is 362 g/mol. The molecule has 0 aliphatic carbocycles. The lowest BCUT2D eigenvalue weighted by atomic mass is 10.1. The van der Waals surface area contributed by atoms with Crippen molar-refractivity contribution < 1.29 is 9.53 Å². The first kappa shape index (κ1) is 16.5. The summed E-state index contributed by atoms with van der Waals surface area (Å²) in [6, 6.07) is 15.4. The minimum atomic E-state index is -0.0999. The molecule has 0 saturated heterocycles. The maximum atomic E-state index is 12.0. The summed E-state index contributed by atoms with van der Waals surface area (Å²) in [4.78, 5) is 12.0. The Morgan fingerprint density at radius 1 is 1.23 bits per heavy atom. The molecule has 4 nitrogen and oxygen atoms in total. The van der Waals surface area contributed by atoms with Crippen molar-refractivity contribution in [3.8, 4) is 0 Å². The molecule has 0 fully saturated rings. The molecule has 0 aliphatic rings. The normalized spacial score (nSPS) is 11.8. The van der Waals surface area contributed by atoms with Crippen molar-refractivity contribution in [1.29, 1.82) is 0 Å². The zero-order valence-corrected chi connectivity index (χ0v) is 14.2. The number of ether oxygens (including phenoxy) is 1. The fraction of sp³-hybridized carbons (Fsp3) is 0.235. The molecule has 0 heterocycles. The van der Waals surface area contributed by atoms with Gasteiger partial charge in [-0.1, -0.05) is 24.3 Å². The first-order valence-electron chi connectivity index (χ1n) is 7.01. The number of carbonyl (C=O) groups is 1. The largest absolute Gasteiger partial charge is 0.377 e. The highest BCUT2D eigenvalue weighted by atomic mass is 79.9. The molecule has 0 aromatic heterocycles. The van der Waals surface area contributed by atoms with Crippen molar-refractivity contribution in [3.05, 3.63) is 58.6 Å². The second kappa shape index (κ2) is 7.96. The highest BCUT2D eigenvalue weighted by Crippen LogP contribution is 2.21. The van der Waals surface area contributed by atoms with Crippen LogP contribution in [-0.4, -0.2) is 19.6 Å². The molecule has 0 radical (unpaired) electrons. The number of nitrogens with one attached hydrogen (secondary N) is 2. The van der Waals surface area contributed by atoms with Gasteiger partial charge in [0.05, 0.1) is 18.3 Å². The number of anilines is 2. The SMILES string of the molecule is CO[C@@H](C)c1cccc(NCC(=O)Nc2ccccc2Br)c1. The van der Waals surface area contributed by atoms with Gasteiger partial charge >= 0.3 is 0 Å². The van der Waals surface area contributed by atoms with Crippen LogP contribution >= 0.6 is 15.9 Å². The number of para-hydroxylation sites is 1. The Hall–Kier alpha value is -1.85. The van der Waals surface area contributed by atoms with E-state index in [0.29, 0.717) is 0 Å². The summed E-state index contributed by atoms with van der Waals surface area (Å²) in [6.07, 6.45) is 0.0239. The van der Waals surface area contributed by atoms with E-state index in [2.05, 4.69) is 26.6 Å². The molecule has 116 valence electrons. The summed E-state index contributed by atoms with van der Waals surface area (Å²) >= 11 is 3.41. The number of benzene rings is 2. The van der Waals surface area contributed by atoms with Gasteiger partial charge in [-0.05, 0) is 52.7 Å². The van der Waals surface area contributed by atoms with E-state index in [1.807, 2.05) is 55.5 Å². The van der Waals surface area contributed by atoms with Crippen LogP contribution in [0.4, 0.5) is 11.4 Å². The molecule has 5 heteroatoms. The van der Waals surface area contributed by atoms with Crippen LogP contribution in [0, 0.1) is 0 Å². The van der Waals surface area contributed by atoms with Gasteiger partial charge in [0.15, 0.2) is 0 Å². The van der Waals surface area contributed by atoms with Crippen molar-refractivity contribution in [1.82, 2.24) is 0 Å². The van der Waals surface area contributed by atoms with E-state index < -0.39 is 0 Å². The van der Waals surface area contributed by atoms with Crippen LogP contribution in [0.2, 0.25) is 0 Å². The van der Waals surface area contributed by atoms with Crippen molar-refractivity contribution in [2.75, 3.05) is 24.3 Å². The molecule has 2 N–H and O–H groups in total. The minimum absolute atomic E-state index is 0.0239. The average Bonchev–Trinajstić information content (AvgIpc) is 2.54. The van der Waals surface area contributed by atoms with E-state index in [-0.39, 0.29) is 18.6 Å². The van der Waals surface area contributed by atoms with Gasteiger partial charge in [0.1, 0.15) is 0 Å². The van der Waals surface area contributed by atoms with Crippen LogP contribution in [0.5, 0.6) is 0 Å². The van der Waals surface area contributed by atoms with Gasteiger partial charge in [0, 0.05) is 17.3 Å². The lowest BCUT2D eigenvalue weighted by Gasteiger charge is -2.13. The van der Waals surface area contributed by atoms with E-state index in [4.69, 9.17) is 4.74 Å². The number of carbonyl (C=O) groups excluding carboxylic acids is 1. The maximum absolute atomic E-state index is 12.0. The third kappa shape index (κ3) is 4.58. The molecule has 0 bridgehead atoms. The Labute approximate surface area is 139 Å². The Bertz CT molecular complexity index is 646. The molecular weight excluding hydrogens is 344 g/mol. The number of methoxy groups -OCH3 is 1. The first-order valence-corrected chi connectivity index (χ1v) is 7.80. The molecule has 1 amide bonds. The highest BCUT2D eigenvalue weighted by Gasteiger charge is 2.07. The number of halogens is 1. The van der Waals surface area contributed by atoms with Crippen molar-refractivity contribution in [2.45, 2.75) is 13.0 Å². The predicted octanol–water partition coefficient (Wildman–Crippen LogP) is 4.21. The van der Waals surface area contributed by atoms with Gasteiger partial charge in [-0.3, -0.25) is 4.79 Å². The fourth-order valence-electron chi connectivity index (χ4n) is 1.98. The predicted molar refractivity (Wildman–Crippen MR) is 93.1 cm³/mol. The van der Waals surface area contributed by atoms with Crippen LogP contribution in [0.15, 0.2) is 53.0 Å². The van der Waals surface area contributed by atoms with Crippen LogP contribution in [0.3, 0.4) is 0 Å². The zero-order valence-electron chi connectivity index (χ0n) is 12.6. The molecule has 0 unspecified atom stereocenters. The maximum Gasteiger partial charge on any atom is 0.243 e. The Kier molecular flexibility index (Phi) is 5.98. The average molecular weight is 363 g/mol. The number of amides is 1. The van der Waals surface area contributed by atoms with Gasteiger partial charge < -0.3 is 15.4 Å². The summed E-state index contributed by atoms with van der Waals surface area (Å²) in [7, 11) is 1.68. The minimum Gasteiger partial charge on any atom is -0.377 e. The second-order valence-corrected chi connectivity index (χ2v) is 5.74. The smallest absolute Gasteiger partial charge is 0.243 e. The topological polar surface area (TPSA) is 50.4 Å². The van der Waals surface area contributed by atoms with Crippen LogP contribution in [0.25, 0.3) is 0 Å². The number of hydrogen-bond donors (Lipinski definition) is 2. The van der Waals surface area contributed by atoms with Gasteiger partial charge in [-0.25, -0.2) is 0 Å². The van der Waals surface area contributed by atoms with Crippen LogP contribution < -0.4 is 10.6 Å². The van der Waals surface area contributed by atoms with E-state index in [9.17, 15) is 4.79 Å². The standard InChI is InChI=1S/C17H19BrN2O2/c1-12(22-2)13-6-5-7-14(10-13)19-11-17(21)20-16-9-4-3-8-15(16)18/h3-10,12,19H,11H2,1-2H3,(H,20,21)/t12-/m0/s1. The summed E-state index contributed by atoms with van der Waals surface area (Å²) in [5.41, 5.74) is 2.72. The Morgan fingerprint density at radius 3 is 2.73 bits per heavy atom. The lowest BCUT2D eigenvalue weighted by molar-refractivity contribution is -0.114. The summed E-state index contributed by atoms with van der Waals surface area (Å²) < 4.78 is 6.16. The highest BCUT2D eigenvalue weighted by molar-refractivity contribution is 9.10. The van der Waals surface area contributed by atoms with E-state index >= 15 is 0 Å². The Morgan fingerprint density at radius 2 is 2.00 bits per heavy atom. The van der Waals surface area contributed by atoms with Gasteiger partial charge in [-0.15, -0.1) is 0 Å². The summed E-state index contributed by atoms with van der Waals surface area (Å²) in [5, 5.41) is 5.98. The van der Waals surface area contributed by atoms with E-state index in [1.165, 1.54) is 0 Å². The molecule has 0 spiro atoms. The van der Waals surface area contributed by atoms with E-state index in [0.717, 1.165) is 21.4 Å². The van der Waals surface area contributed by atoms with Crippen LogP contribution in [0.1, 0.15) is 18.6 Å². The summed E-state index contributed by atoms with van der Waals surface area (Å²) in [6.45, 7) is 2.19. The second-order valence-electron chi connectivity index (χ2n) is 4.88. The van der Waals surface area contributed by atoms with Crippen molar-refractivity contribution in [3.63, 3.8) is 0 Å². The molecule has 0 aliphatic heterocycles. The van der Waals surface area contributed by atoms with Gasteiger partial charge in [0.2, 0.25) is 5.91 Å². The quantitative estimate of drug-likeness (QED) is 0.809. The molecule has 0 saturated carbocycles. The van der Waals surface area contributed by atoms with Gasteiger partial charge in [-0.2, -0.15) is 0 Å². The molecular formula is C17H19BrN2O2. The number of rotatable bonds is 6.